The molecule has 152 valence electrons. The molecule has 2 N–H and O–H groups in total. The first-order valence-electron chi connectivity index (χ1n) is 9.20. The first kappa shape index (κ1) is 19.3. The molecule has 3 aromatic heterocycles. The molecule has 0 aliphatic carbocycles. The smallest absolute Gasteiger partial charge is 0.329 e. The summed E-state index contributed by atoms with van der Waals surface area (Å²) in [4.78, 5) is 51.3. The molecule has 0 unspecified atom stereocenters. The first-order valence-corrected chi connectivity index (χ1v) is 10.0. The number of hydrogen-bond acceptors (Lipinski definition) is 8. The van der Waals surface area contributed by atoms with Gasteiger partial charge < -0.3 is 10.2 Å². The van der Waals surface area contributed by atoms with Crippen LogP contribution >= 0.6 is 11.3 Å². The lowest BCUT2D eigenvalue weighted by molar-refractivity contribution is 0.0958. The lowest BCUT2D eigenvalue weighted by Gasteiger charge is -2.35. The van der Waals surface area contributed by atoms with Gasteiger partial charge in [0, 0.05) is 40.3 Å². The predicted octanol–water partition coefficient (Wildman–Crippen LogP) is -0.240. The minimum Gasteiger partial charge on any atom is -0.368 e. The van der Waals surface area contributed by atoms with Crippen LogP contribution in [-0.4, -0.2) is 63.6 Å². The number of nitrogens with one attached hydrogen (secondary N) is 2. The van der Waals surface area contributed by atoms with E-state index in [1.165, 1.54) is 18.4 Å². The summed E-state index contributed by atoms with van der Waals surface area (Å²) in [7, 11) is 3.04. The Bertz CT molecular complexity index is 1160. The topological polar surface area (TPSA) is 116 Å². The largest absolute Gasteiger partial charge is 0.368 e. The lowest BCUT2D eigenvalue weighted by Crippen LogP contribution is -2.46. The standard InChI is InChI=1S/C18H21N7O3S/c1-19-16(26)12-4-3-11(9-20-12)25-7-5-24(6-8-25)10-13-21-15-14(29-13)17(27)23(2)18(28)22-15/h3-4,9H,5-8,10H2,1-2H3,(H,19,26)(H,22,28). The maximum Gasteiger partial charge on any atom is 0.329 e. The molecular weight excluding hydrogens is 394 g/mol. The van der Waals surface area contributed by atoms with Gasteiger partial charge in [0.05, 0.1) is 18.4 Å². The fourth-order valence-corrected chi connectivity index (χ4v) is 4.32. The number of hydrogen-bond donors (Lipinski definition) is 2. The molecule has 0 radical (unpaired) electrons. The average Bonchev–Trinajstić information content (AvgIpc) is 3.14. The maximum atomic E-state index is 12.2. The van der Waals surface area contributed by atoms with Gasteiger partial charge in [-0.3, -0.25) is 24.0 Å². The van der Waals surface area contributed by atoms with E-state index in [0.29, 0.717) is 22.6 Å². The molecule has 1 aliphatic rings. The van der Waals surface area contributed by atoms with Crippen LogP contribution in [0.3, 0.4) is 0 Å². The number of piperazine rings is 1. The van der Waals surface area contributed by atoms with E-state index in [2.05, 4.69) is 30.1 Å². The Hall–Kier alpha value is -3.05. The summed E-state index contributed by atoms with van der Waals surface area (Å²) in [6, 6.07) is 3.63. The van der Waals surface area contributed by atoms with Crippen molar-refractivity contribution in [1.82, 2.24) is 29.7 Å². The van der Waals surface area contributed by atoms with E-state index >= 15 is 0 Å². The van der Waals surface area contributed by atoms with Gasteiger partial charge in [-0.15, -0.1) is 11.3 Å². The Morgan fingerprint density at radius 2 is 2.00 bits per heavy atom. The molecule has 10 nitrogen and oxygen atoms in total. The number of fused-ring (bicyclic) bond motifs is 1. The minimum absolute atomic E-state index is 0.201. The summed E-state index contributed by atoms with van der Waals surface area (Å²) in [6.07, 6.45) is 1.72. The third-order valence-corrected chi connectivity index (χ3v) is 6.03. The van der Waals surface area contributed by atoms with Crippen molar-refractivity contribution in [1.29, 1.82) is 0 Å². The molecule has 1 saturated heterocycles. The molecule has 0 saturated carbocycles. The number of rotatable bonds is 4. The molecule has 0 aromatic carbocycles. The molecule has 3 aromatic rings. The Labute approximate surface area is 169 Å². The second-order valence-electron chi connectivity index (χ2n) is 6.82. The second kappa shape index (κ2) is 7.76. The zero-order chi connectivity index (χ0) is 20.5. The Morgan fingerprint density at radius 3 is 2.66 bits per heavy atom. The molecule has 11 heteroatoms. The van der Waals surface area contributed by atoms with E-state index in [1.807, 2.05) is 6.07 Å². The van der Waals surface area contributed by atoms with Gasteiger partial charge in [0.25, 0.3) is 11.5 Å². The summed E-state index contributed by atoms with van der Waals surface area (Å²) in [5, 5.41) is 3.37. The van der Waals surface area contributed by atoms with Crippen molar-refractivity contribution < 1.29 is 4.79 Å². The van der Waals surface area contributed by atoms with Gasteiger partial charge in [0.15, 0.2) is 5.65 Å². The van der Waals surface area contributed by atoms with E-state index in [-0.39, 0.29) is 11.5 Å². The van der Waals surface area contributed by atoms with Crippen molar-refractivity contribution >= 4 is 33.3 Å². The molecule has 4 rings (SSSR count). The zero-order valence-corrected chi connectivity index (χ0v) is 17.0. The van der Waals surface area contributed by atoms with Gasteiger partial charge in [0.2, 0.25) is 0 Å². The van der Waals surface area contributed by atoms with Crippen LogP contribution in [0.4, 0.5) is 5.69 Å². The Morgan fingerprint density at radius 1 is 1.24 bits per heavy atom. The molecule has 4 heterocycles. The van der Waals surface area contributed by atoms with Crippen LogP contribution in [0.1, 0.15) is 15.5 Å². The number of nitrogens with zero attached hydrogens (tertiary/aromatic N) is 5. The van der Waals surface area contributed by atoms with Gasteiger partial charge in [-0.2, -0.15) is 0 Å². The van der Waals surface area contributed by atoms with Crippen LogP contribution in [0.5, 0.6) is 0 Å². The van der Waals surface area contributed by atoms with Gasteiger partial charge >= 0.3 is 5.69 Å². The highest BCUT2D eigenvalue weighted by molar-refractivity contribution is 7.18. The first-order chi connectivity index (χ1) is 14.0. The van der Waals surface area contributed by atoms with Crippen LogP contribution in [0, 0.1) is 0 Å². The van der Waals surface area contributed by atoms with Gasteiger partial charge in [-0.1, -0.05) is 0 Å². The second-order valence-corrected chi connectivity index (χ2v) is 7.91. The normalized spacial score (nSPS) is 15.0. The minimum atomic E-state index is -0.455. The van der Waals surface area contributed by atoms with E-state index in [0.717, 1.165) is 41.4 Å². The maximum absolute atomic E-state index is 12.2. The number of carbonyl (C=O) groups excluding carboxylic acids is 1. The summed E-state index contributed by atoms with van der Waals surface area (Å²) in [5.41, 5.74) is 0.973. The Balaban J connectivity index is 1.41. The van der Waals surface area contributed by atoms with Crippen molar-refractivity contribution in [3.8, 4) is 0 Å². The van der Waals surface area contributed by atoms with Gasteiger partial charge in [-0.05, 0) is 12.1 Å². The third kappa shape index (κ3) is 3.78. The predicted molar refractivity (Wildman–Crippen MR) is 111 cm³/mol. The molecule has 0 atom stereocenters. The molecular formula is C18H21N7O3S. The van der Waals surface area contributed by atoms with Crippen molar-refractivity contribution in [3.63, 3.8) is 0 Å². The van der Waals surface area contributed by atoms with Crippen LogP contribution in [-0.2, 0) is 13.6 Å². The van der Waals surface area contributed by atoms with Crippen molar-refractivity contribution in [2.24, 2.45) is 7.05 Å². The highest BCUT2D eigenvalue weighted by Gasteiger charge is 2.20. The number of aromatic amines is 1. The number of H-pyrrole nitrogens is 1. The number of carbonyl (C=O) groups is 1. The third-order valence-electron chi connectivity index (χ3n) is 5.00. The number of thiazole rings is 1. The van der Waals surface area contributed by atoms with Gasteiger partial charge in [-0.25, -0.2) is 14.8 Å². The highest BCUT2D eigenvalue weighted by Crippen LogP contribution is 2.20. The summed E-state index contributed by atoms with van der Waals surface area (Å²) in [5.74, 6) is -0.201. The monoisotopic (exact) mass is 415 g/mol. The van der Waals surface area contributed by atoms with Crippen molar-refractivity contribution in [3.05, 3.63) is 49.9 Å². The van der Waals surface area contributed by atoms with Gasteiger partial charge in [0.1, 0.15) is 15.4 Å². The molecule has 0 bridgehead atoms. The molecule has 1 aliphatic heterocycles. The zero-order valence-electron chi connectivity index (χ0n) is 16.1. The molecule has 1 fully saturated rings. The van der Waals surface area contributed by atoms with Crippen LogP contribution in [0.2, 0.25) is 0 Å². The van der Waals surface area contributed by atoms with Crippen molar-refractivity contribution in [2.75, 3.05) is 38.1 Å². The van der Waals surface area contributed by atoms with Crippen LogP contribution in [0.25, 0.3) is 10.3 Å². The SMILES string of the molecule is CNC(=O)c1ccc(N2CCN(Cc3nc4[nH]c(=O)n(C)c(=O)c4s3)CC2)cn1. The average molecular weight is 415 g/mol. The number of anilines is 1. The number of amides is 1. The van der Waals surface area contributed by atoms with Crippen LogP contribution < -0.4 is 21.5 Å². The molecule has 29 heavy (non-hydrogen) atoms. The summed E-state index contributed by atoms with van der Waals surface area (Å²) >= 11 is 1.33. The van der Waals surface area contributed by atoms with E-state index in [9.17, 15) is 14.4 Å². The van der Waals surface area contributed by atoms with Crippen molar-refractivity contribution in [2.45, 2.75) is 6.54 Å². The van der Waals surface area contributed by atoms with E-state index < -0.39 is 5.69 Å². The highest BCUT2D eigenvalue weighted by atomic mass is 32.1. The quantitative estimate of drug-likeness (QED) is 0.604. The molecule has 0 spiro atoms. The lowest BCUT2D eigenvalue weighted by atomic mass is 10.2. The fourth-order valence-electron chi connectivity index (χ4n) is 3.28. The van der Waals surface area contributed by atoms with Crippen LogP contribution in [0.15, 0.2) is 27.9 Å². The summed E-state index contributed by atoms with van der Waals surface area (Å²) in [6.45, 7) is 3.95. The Kier molecular flexibility index (Phi) is 5.16. The molecule has 1 amide bonds. The van der Waals surface area contributed by atoms with E-state index in [4.69, 9.17) is 0 Å². The summed E-state index contributed by atoms with van der Waals surface area (Å²) < 4.78 is 1.54. The fraction of sp³-hybridized carbons (Fsp3) is 0.389. The number of aromatic nitrogens is 4. The number of pyridine rings is 1. The van der Waals surface area contributed by atoms with E-state index in [1.54, 1.807) is 19.3 Å².